The molecule has 1 aromatic heterocycles. The molecular formula is C17H23ClN2S. The number of nitrogen functional groups attached to an aromatic ring is 1. The lowest BCUT2D eigenvalue weighted by Gasteiger charge is -1.97. The van der Waals surface area contributed by atoms with Gasteiger partial charge in [0, 0.05) is 10.1 Å². The molecule has 3 N–H and O–H groups in total. The third-order valence-corrected chi connectivity index (χ3v) is 4.52. The second kappa shape index (κ2) is 8.85. The molecule has 0 aliphatic rings. The third kappa shape index (κ3) is 4.87. The zero-order chi connectivity index (χ0) is 14.4. The van der Waals surface area contributed by atoms with Crippen molar-refractivity contribution in [1.82, 2.24) is 0 Å². The molecule has 0 spiro atoms. The van der Waals surface area contributed by atoms with Gasteiger partial charge in [0.1, 0.15) is 5.84 Å². The van der Waals surface area contributed by atoms with Crippen molar-refractivity contribution in [3.05, 3.63) is 40.8 Å². The minimum Gasteiger partial charge on any atom is -0.383 e. The van der Waals surface area contributed by atoms with E-state index in [4.69, 9.17) is 11.1 Å². The Morgan fingerprint density at radius 3 is 2.81 bits per heavy atom. The second-order valence-electron chi connectivity index (χ2n) is 5.04. The maximum Gasteiger partial charge on any atom is 0.133 e. The molecule has 4 heteroatoms. The van der Waals surface area contributed by atoms with Crippen molar-refractivity contribution in [3.63, 3.8) is 0 Å². The minimum atomic E-state index is 0. The molecule has 1 aromatic carbocycles. The fraction of sp³-hybridized carbons (Fsp3) is 0.353. The number of fused-ring (bicyclic) bond motifs is 1. The summed E-state index contributed by atoms with van der Waals surface area (Å²) in [5.41, 5.74) is 6.80. The van der Waals surface area contributed by atoms with E-state index in [-0.39, 0.29) is 18.2 Å². The van der Waals surface area contributed by atoms with Crippen LogP contribution in [0.4, 0.5) is 0 Å². The first kappa shape index (κ1) is 17.7. The second-order valence-corrected chi connectivity index (χ2v) is 6.12. The molecule has 1 heterocycles. The molecule has 0 radical (unpaired) electrons. The summed E-state index contributed by atoms with van der Waals surface area (Å²) in [6.07, 6.45) is 10.8. The van der Waals surface area contributed by atoms with Crippen LogP contribution < -0.4 is 5.73 Å². The van der Waals surface area contributed by atoms with Crippen molar-refractivity contribution in [2.75, 3.05) is 0 Å². The quantitative estimate of drug-likeness (QED) is 0.389. The van der Waals surface area contributed by atoms with Crippen LogP contribution in [0.15, 0.2) is 30.3 Å². The normalized spacial score (nSPS) is 10.9. The summed E-state index contributed by atoms with van der Waals surface area (Å²) < 4.78 is 1.20. The highest BCUT2D eigenvalue weighted by molar-refractivity contribution is 7.20. The van der Waals surface area contributed by atoms with Gasteiger partial charge >= 0.3 is 0 Å². The lowest BCUT2D eigenvalue weighted by atomic mass is 10.1. The number of unbranched alkanes of at least 4 members (excludes halogenated alkanes) is 4. The zero-order valence-electron chi connectivity index (χ0n) is 12.4. The molecule has 0 aliphatic carbocycles. The fourth-order valence-electron chi connectivity index (χ4n) is 2.26. The Morgan fingerprint density at radius 1 is 1.29 bits per heavy atom. The first-order chi connectivity index (χ1) is 9.72. The number of nitrogens with two attached hydrogens (primary N) is 1. The summed E-state index contributed by atoms with van der Waals surface area (Å²) in [6.45, 7) is 2.24. The molecule has 0 unspecified atom stereocenters. The van der Waals surface area contributed by atoms with Crippen LogP contribution in [0, 0.1) is 5.41 Å². The van der Waals surface area contributed by atoms with E-state index in [1.165, 1.54) is 41.3 Å². The van der Waals surface area contributed by atoms with Gasteiger partial charge in [0.2, 0.25) is 0 Å². The molecule has 114 valence electrons. The van der Waals surface area contributed by atoms with Crippen LogP contribution in [0.5, 0.6) is 0 Å². The molecule has 0 saturated carbocycles. The van der Waals surface area contributed by atoms with Gasteiger partial charge in [-0.15, -0.1) is 23.7 Å². The van der Waals surface area contributed by atoms with Crippen LogP contribution in [-0.4, -0.2) is 5.84 Å². The Balaban J connectivity index is 0.00000220. The van der Waals surface area contributed by atoms with E-state index in [0.717, 1.165) is 11.3 Å². The van der Waals surface area contributed by atoms with Crippen LogP contribution in [0.25, 0.3) is 16.2 Å². The van der Waals surface area contributed by atoms with Crippen LogP contribution >= 0.6 is 23.7 Å². The largest absolute Gasteiger partial charge is 0.383 e. The van der Waals surface area contributed by atoms with Gasteiger partial charge in [-0.2, -0.15) is 0 Å². The zero-order valence-corrected chi connectivity index (χ0v) is 14.0. The van der Waals surface area contributed by atoms with Gasteiger partial charge in [0.25, 0.3) is 0 Å². The van der Waals surface area contributed by atoms with E-state index in [9.17, 15) is 0 Å². The summed E-state index contributed by atoms with van der Waals surface area (Å²) in [4.78, 5) is 0.851. The summed E-state index contributed by atoms with van der Waals surface area (Å²) in [7, 11) is 0. The van der Waals surface area contributed by atoms with E-state index >= 15 is 0 Å². The summed E-state index contributed by atoms with van der Waals surface area (Å²) in [5, 5.41) is 8.74. The van der Waals surface area contributed by atoms with Gasteiger partial charge in [-0.05, 0) is 30.5 Å². The summed E-state index contributed by atoms with van der Waals surface area (Å²) >= 11 is 1.59. The average Bonchev–Trinajstić information content (AvgIpc) is 2.87. The highest BCUT2D eigenvalue weighted by Crippen LogP contribution is 2.29. The highest BCUT2D eigenvalue weighted by Gasteiger charge is 2.06. The lowest BCUT2D eigenvalue weighted by Crippen LogP contribution is -2.08. The Labute approximate surface area is 137 Å². The van der Waals surface area contributed by atoms with E-state index in [1.54, 1.807) is 11.3 Å². The molecule has 2 rings (SSSR count). The highest BCUT2D eigenvalue weighted by atomic mass is 35.5. The number of hydrogen-bond acceptors (Lipinski definition) is 2. The van der Waals surface area contributed by atoms with Crippen molar-refractivity contribution in [2.45, 2.75) is 39.0 Å². The van der Waals surface area contributed by atoms with Gasteiger partial charge in [-0.1, -0.05) is 50.5 Å². The number of hydrogen-bond donors (Lipinski definition) is 2. The Bertz CT molecular complexity index is 616. The molecule has 2 nitrogen and oxygen atoms in total. The lowest BCUT2D eigenvalue weighted by molar-refractivity contribution is 0.675. The van der Waals surface area contributed by atoms with E-state index in [2.05, 4.69) is 37.3 Å². The van der Waals surface area contributed by atoms with Gasteiger partial charge in [0.15, 0.2) is 0 Å². The molecular weight excluding hydrogens is 300 g/mol. The van der Waals surface area contributed by atoms with Crippen molar-refractivity contribution in [1.29, 1.82) is 5.41 Å². The van der Waals surface area contributed by atoms with Gasteiger partial charge in [0.05, 0.1) is 4.88 Å². The van der Waals surface area contributed by atoms with Gasteiger partial charge < -0.3 is 5.73 Å². The van der Waals surface area contributed by atoms with Gasteiger partial charge in [-0.25, -0.2) is 0 Å². The standard InChI is InChI=1S/C17H22N2S.ClH/c1-2-3-4-5-6-7-9-13-10-8-11-15-14(13)12-16(20-15)17(18)19;/h7-12H,2-6H2,1H3,(H3,18,19);1H/b9-7+;. The predicted molar refractivity (Wildman–Crippen MR) is 97.9 cm³/mol. The maximum absolute atomic E-state index is 7.54. The van der Waals surface area contributed by atoms with E-state index in [1.807, 2.05) is 6.07 Å². The SMILES string of the molecule is CCCCCC/C=C/c1cccc2sc(C(=N)N)cc12.Cl. The number of nitrogens with one attached hydrogen (secondary N) is 1. The van der Waals surface area contributed by atoms with Crippen LogP contribution in [0.2, 0.25) is 0 Å². The predicted octanol–water partition coefficient (Wildman–Crippen LogP) is 5.59. The Morgan fingerprint density at radius 2 is 2.10 bits per heavy atom. The number of allylic oxidation sites excluding steroid dienone is 1. The van der Waals surface area contributed by atoms with Gasteiger partial charge in [-0.3, -0.25) is 5.41 Å². The molecule has 0 bridgehead atoms. The topological polar surface area (TPSA) is 49.9 Å². The summed E-state index contributed by atoms with van der Waals surface area (Å²) in [6, 6.07) is 8.31. The maximum atomic E-state index is 7.54. The summed E-state index contributed by atoms with van der Waals surface area (Å²) in [5.74, 6) is 0.153. The van der Waals surface area contributed by atoms with E-state index < -0.39 is 0 Å². The average molecular weight is 323 g/mol. The fourth-order valence-corrected chi connectivity index (χ4v) is 3.22. The molecule has 0 fully saturated rings. The number of amidine groups is 1. The molecule has 0 atom stereocenters. The van der Waals surface area contributed by atoms with Crippen molar-refractivity contribution >= 4 is 45.7 Å². The number of thiophene rings is 1. The van der Waals surface area contributed by atoms with E-state index in [0.29, 0.717) is 0 Å². The third-order valence-electron chi connectivity index (χ3n) is 3.38. The van der Waals surface area contributed by atoms with Crippen LogP contribution in [-0.2, 0) is 0 Å². The molecule has 0 saturated heterocycles. The van der Waals surface area contributed by atoms with Crippen LogP contribution in [0.3, 0.4) is 0 Å². The minimum absolute atomic E-state index is 0. The smallest absolute Gasteiger partial charge is 0.133 e. The first-order valence-corrected chi connectivity index (χ1v) is 8.07. The monoisotopic (exact) mass is 322 g/mol. The number of halogens is 1. The number of benzene rings is 1. The molecule has 21 heavy (non-hydrogen) atoms. The Kier molecular flexibility index (Phi) is 7.48. The van der Waals surface area contributed by atoms with Crippen molar-refractivity contribution in [3.8, 4) is 0 Å². The van der Waals surface area contributed by atoms with Crippen LogP contribution in [0.1, 0.15) is 49.5 Å². The molecule has 0 aliphatic heterocycles. The molecule has 2 aromatic rings. The molecule has 0 amide bonds. The van der Waals surface area contributed by atoms with Crippen molar-refractivity contribution < 1.29 is 0 Å². The van der Waals surface area contributed by atoms with Crippen molar-refractivity contribution in [2.24, 2.45) is 5.73 Å². The first-order valence-electron chi connectivity index (χ1n) is 7.26. The Hall–Kier alpha value is -1.32. The number of rotatable bonds is 7.